The van der Waals surface area contributed by atoms with E-state index in [1.54, 1.807) is 0 Å². The van der Waals surface area contributed by atoms with Crippen LogP contribution in [0.2, 0.25) is 0 Å². The van der Waals surface area contributed by atoms with Crippen LogP contribution in [0.15, 0.2) is 4.99 Å². The maximum atomic E-state index is 12.4. The van der Waals surface area contributed by atoms with E-state index >= 15 is 0 Å². The maximum absolute atomic E-state index is 12.4. The summed E-state index contributed by atoms with van der Waals surface area (Å²) in [6.07, 6.45) is 7.18. The zero-order valence-corrected chi connectivity index (χ0v) is 17.7. The van der Waals surface area contributed by atoms with Crippen molar-refractivity contribution in [2.45, 2.75) is 70.1 Å². The first-order valence-corrected chi connectivity index (χ1v) is 12.0. The second-order valence-electron chi connectivity index (χ2n) is 8.26. The first kappa shape index (κ1) is 21.5. The molecule has 1 aliphatic carbocycles. The summed E-state index contributed by atoms with van der Waals surface area (Å²) in [5.74, 6) is 2.32. The molecule has 0 radical (unpaired) electrons. The molecule has 0 aromatic rings. The second-order valence-corrected chi connectivity index (χ2v) is 10.7. The van der Waals surface area contributed by atoms with Gasteiger partial charge in [-0.3, -0.25) is 4.99 Å². The van der Waals surface area contributed by atoms with Gasteiger partial charge >= 0.3 is 0 Å². The lowest BCUT2D eigenvalue weighted by molar-refractivity contribution is 0.0768. The fourth-order valence-corrected chi connectivity index (χ4v) is 5.26. The van der Waals surface area contributed by atoms with E-state index < -0.39 is 14.6 Å². The highest BCUT2D eigenvalue weighted by Gasteiger charge is 2.42. The summed E-state index contributed by atoms with van der Waals surface area (Å²) in [6, 6.07) is 0.423. The van der Waals surface area contributed by atoms with Gasteiger partial charge in [0, 0.05) is 32.1 Å². The fraction of sp³-hybridized carbons (Fsp3) is 0.947. The van der Waals surface area contributed by atoms with Gasteiger partial charge in [0.1, 0.15) is 0 Å². The number of rotatable bonds is 6. The summed E-state index contributed by atoms with van der Waals surface area (Å²) < 4.78 is 29.4. The molecule has 2 N–H and O–H groups in total. The van der Waals surface area contributed by atoms with Gasteiger partial charge in [-0.2, -0.15) is 0 Å². The minimum atomic E-state index is -3.19. The Balaban J connectivity index is 2.01. The minimum absolute atomic E-state index is 0.297. The smallest absolute Gasteiger partial charge is 0.191 e. The van der Waals surface area contributed by atoms with Crippen LogP contribution in [0, 0.1) is 11.8 Å². The molecule has 0 amide bonds. The minimum Gasteiger partial charge on any atom is -0.381 e. The van der Waals surface area contributed by atoms with Gasteiger partial charge < -0.3 is 15.4 Å². The van der Waals surface area contributed by atoms with Crippen molar-refractivity contribution in [2.75, 3.05) is 32.6 Å². The molecule has 2 rings (SSSR count). The molecule has 0 spiro atoms. The van der Waals surface area contributed by atoms with E-state index in [0.717, 1.165) is 37.2 Å². The van der Waals surface area contributed by atoms with E-state index in [-0.39, 0.29) is 0 Å². The average Bonchev–Trinajstić information content (AvgIpc) is 2.60. The van der Waals surface area contributed by atoms with E-state index in [2.05, 4.69) is 29.5 Å². The molecule has 6 nitrogen and oxygen atoms in total. The number of nitrogens with zero attached hydrogens (tertiary/aromatic N) is 1. The molecule has 26 heavy (non-hydrogen) atoms. The van der Waals surface area contributed by atoms with Crippen LogP contribution in [-0.2, 0) is 14.6 Å². The Morgan fingerprint density at radius 2 is 1.81 bits per heavy atom. The summed E-state index contributed by atoms with van der Waals surface area (Å²) >= 11 is 0. The monoisotopic (exact) mass is 387 g/mol. The number of nitrogens with one attached hydrogen (secondary N) is 2. The Morgan fingerprint density at radius 3 is 2.31 bits per heavy atom. The van der Waals surface area contributed by atoms with Crippen LogP contribution in [0.1, 0.15) is 59.3 Å². The van der Waals surface area contributed by atoms with Crippen molar-refractivity contribution in [1.82, 2.24) is 10.6 Å². The number of sulfone groups is 1. The normalized spacial score (nSPS) is 27.3. The van der Waals surface area contributed by atoms with E-state index in [0.29, 0.717) is 38.6 Å². The Kier molecular flexibility index (Phi) is 7.76. The highest BCUT2D eigenvalue weighted by Crippen LogP contribution is 2.31. The molecule has 1 aliphatic heterocycles. The van der Waals surface area contributed by atoms with Crippen LogP contribution in [-0.4, -0.2) is 57.7 Å². The van der Waals surface area contributed by atoms with Gasteiger partial charge in [-0.25, -0.2) is 8.42 Å². The average molecular weight is 388 g/mol. The molecule has 1 saturated carbocycles. The number of hydrogen-bond donors (Lipinski definition) is 2. The van der Waals surface area contributed by atoms with Crippen molar-refractivity contribution in [2.24, 2.45) is 16.8 Å². The number of ether oxygens (including phenoxy) is 1. The van der Waals surface area contributed by atoms with Gasteiger partial charge in [-0.05, 0) is 57.3 Å². The summed E-state index contributed by atoms with van der Waals surface area (Å²) in [5.41, 5.74) is 0. The zero-order valence-electron chi connectivity index (χ0n) is 16.9. The lowest BCUT2D eigenvalue weighted by Crippen LogP contribution is -2.49. The molecular weight excluding hydrogens is 350 g/mol. The number of hydrogen-bond acceptors (Lipinski definition) is 4. The predicted octanol–water partition coefficient (Wildman–Crippen LogP) is 2.35. The van der Waals surface area contributed by atoms with Crippen LogP contribution in [0.4, 0.5) is 0 Å². The molecule has 0 unspecified atom stereocenters. The molecule has 0 aromatic carbocycles. The van der Waals surface area contributed by atoms with Gasteiger partial charge in [0.2, 0.25) is 0 Å². The lowest BCUT2D eigenvalue weighted by atomic mass is 9.80. The third kappa shape index (κ3) is 5.59. The molecule has 152 valence electrons. The Labute approximate surface area is 159 Å². The highest BCUT2D eigenvalue weighted by molar-refractivity contribution is 7.92. The Hall–Kier alpha value is -0.820. The van der Waals surface area contributed by atoms with Crippen molar-refractivity contribution in [3.8, 4) is 0 Å². The molecular formula is C19H37N3O3S. The Bertz CT molecular complexity index is 561. The summed E-state index contributed by atoms with van der Waals surface area (Å²) in [5, 5.41) is 6.82. The lowest BCUT2D eigenvalue weighted by Gasteiger charge is -2.35. The standard InChI is InChI=1S/C19H37N3O3S/c1-5-20-18(22-17-8-6-16(7-9-17)15(2)3)21-14-19(26(4,23)24)10-12-25-13-11-19/h15-17H,5-14H2,1-4H3,(H2,20,21,22). The third-order valence-electron chi connectivity index (χ3n) is 6.12. The SMILES string of the molecule is CCNC(=NCC1(S(C)(=O)=O)CCOCC1)NC1CCC(C(C)C)CC1. The third-order valence-corrected chi connectivity index (χ3v) is 8.23. The molecule has 2 aliphatic rings. The van der Waals surface area contributed by atoms with Gasteiger partial charge in [0.25, 0.3) is 0 Å². The molecule has 7 heteroatoms. The highest BCUT2D eigenvalue weighted by atomic mass is 32.2. The first-order chi connectivity index (χ1) is 12.3. The fourth-order valence-electron chi connectivity index (χ4n) is 4.06. The van der Waals surface area contributed by atoms with E-state index in [4.69, 9.17) is 4.74 Å². The zero-order chi connectivity index (χ0) is 19.2. The molecule has 0 aromatic heterocycles. The molecule has 2 fully saturated rings. The van der Waals surface area contributed by atoms with Crippen LogP contribution < -0.4 is 10.6 Å². The van der Waals surface area contributed by atoms with E-state index in [1.807, 2.05) is 6.92 Å². The largest absolute Gasteiger partial charge is 0.381 e. The van der Waals surface area contributed by atoms with Crippen molar-refractivity contribution < 1.29 is 13.2 Å². The Morgan fingerprint density at radius 1 is 1.19 bits per heavy atom. The van der Waals surface area contributed by atoms with Crippen molar-refractivity contribution >= 4 is 15.8 Å². The summed E-state index contributed by atoms with van der Waals surface area (Å²) in [7, 11) is -3.19. The van der Waals surface area contributed by atoms with Crippen molar-refractivity contribution in [1.29, 1.82) is 0 Å². The molecule has 1 heterocycles. The van der Waals surface area contributed by atoms with Crippen LogP contribution >= 0.6 is 0 Å². The topological polar surface area (TPSA) is 79.8 Å². The van der Waals surface area contributed by atoms with Crippen LogP contribution in [0.25, 0.3) is 0 Å². The van der Waals surface area contributed by atoms with Crippen molar-refractivity contribution in [3.63, 3.8) is 0 Å². The predicted molar refractivity (Wildman–Crippen MR) is 107 cm³/mol. The quantitative estimate of drug-likeness (QED) is 0.540. The number of aliphatic imine (C=N–C) groups is 1. The molecule has 0 atom stereocenters. The van der Waals surface area contributed by atoms with Gasteiger partial charge in [0.05, 0.1) is 11.3 Å². The van der Waals surface area contributed by atoms with Crippen LogP contribution in [0.3, 0.4) is 0 Å². The van der Waals surface area contributed by atoms with Gasteiger partial charge in [0.15, 0.2) is 15.8 Å². The first-order valence-electron chi connectivity index (χ1n) is 10.1. The summed E-state index contributed by atoms with van der Waals surface area (Å²) in [6.45, 7) is 8.70. The summed E-state index contributed by atoms with van der Waals surface area (Å²) in [4.78, 5) is 4.68. The maximum Gasteiger partial charge on any atom is 0.191 e. The van der Waals surface area contributed by atoms with E-state index in [1.165, 1.54) is 19.1 Å². The molecule has 1 saturated heterocycles. The van der Waals surface area contributed by atoms with E-state index in [9.17, 15) is 8.42 Å². The van der Waals surface area contributed by atoms with Gasteiger partial charge in [-0.1, -0.05) is 13.8 Å². The van der Waals surface area contributed by atoms with Gasteiger partial charge in [-0.15, -0.1) is 0 Å². The molecule has 0 bridgehead atoms. The number of guanidine groups is 1. The van der Waals surface area contributed by atoms with Crippen molar-refractivity contribution in [3.05, 3.63) is 0 Å². The second kappa shape index (κ2) is 9.40. The van der Waals surface area contributed by atoms with Crippen LogP contribution in [0.5, 0.6) is 0 Å².